The smallest absolute Gasteiger partial charge is 0.410 e. The summed E-state index contributed by atoms with van der Waals surface area (Å²) in [5.74, 6) is -0.330. The molecule has 2 amide bonds. The Morgan fingerprint density at radius 2 is 1.96 bits per heavy atom. The molecule has 1 aromatic carbocycles. The highest BCUT2D eigenvalue weighted by Crippen LogP contribution is 2.26. The Hall–Kier alpha value is -2.39. The summed E-state index contributed by atoms with van der Waals surface area (Å²) < 4.78 is 35.0. The van der Waals surface area contributed by atoms with E-state index in [0.29, 0.717) is 0 Å². The van der Waals surface area contributed by atoms with Crippen LogP contribution in [-0.4, -0.2) is 69.6 Å². The minimum Gasteiger partial charge on any atom is -0.445 e. The van der Waals surface area contributed by atoms with Gasteiger partial charge in [-0.3, -0.25) is 13.9 Å². The first-order valence-electron chi connectivity index (χ1n) is 8.00. The van der Waals surface area contributed by atoms with E-state index in [1.54, 1.807) is 32.3 Å². The normalized spacial score (nSPS) is 19.8. The van der Waals surface area contributed by atoms with E-state index >= 15 is 0 Å². The number of likely N-dealkylation sites (N-methyl/N-ethyl adjacent to an activating group) is 1. The van der Waals surface area contributed by atoms with E-state index in [4.69, 9.17) is 8.92 Å². The van der Waals surface area contributed by atoms with Gasteiger partial charge in [-0.2, -0.15) is 8.42 Å². The van der Waals surface area contributed by atoms with Crippen molar-refractivity contribution in [3.05, 3.63) is 43.0 Å². The van der Waals surface area contributed by atoms with Gasteiger partial charge in [-0.05, 0) is 12.1 Å². The highest BCUT2D eigenvalue weighted by molar-refractivity contribution is 7.86. The maximum atomic E-state index is 12.4. The Balaban J connectivity index is 2.17. The van der Waals surface area contributed by atoms with E-state index in [0.717, 1.165) is 0 Å². The van der Waals surface area contributed by atoms with Gasteiger partial charge in [-0.15, -0.1) is 0 Å². The zero-order valence-corrected chi connectivity index (χ0v) is 15.5. The Morgan fingerprint density at radius 3 is 2.54 bits per heavy atom. The van der Waals surface area contributed by atoms with Crippen LogP contribution in [0.1, 0.15) is 6.42 Å². The first-order chi connectivity index (χ1) is 12.3. The fourth-order valence-electron chi connectivity index (χ4n) is 2.64. The second kappa shape index (κ2) is 8.33. The lowest BCUT2D eigenvalue weighted by Crippen LogP contribution is -2.45. The SMILES string of the molecule is C=CCOC(=O)N1CC(OS(=O)(=O)c2ccccc2)CC1C(=O)N(C)C. The van der Waals surface area contributed by atoms with Crippen LogP contribution in [0.5, 0.6) is 0 Å². The van der Waals surface area contributed by atoms with E-state index in [-0.39, 0.29) is 30.4 Å². The molecular formula is C17H22N2O6S. The summed E-state index contributed by atoms with van der Waals surface area (Å²) in [6.45, 7) is 3.39. The van der Waals surface area contributed by atoms with Crippen molar-refractivity contribution in [1.82, 2.24) is 9.80 Å². The van der Waals surface area contributed by atoms with Crippen LogP contribution in [0.15, 0.2) is 47.9 Å². The summed E-state index contributed by atoms with van der Waals surface area (Å²) in [7, 11) is -0.879. The number of hydrogen-bond donors (Lipinski definition) is 0. The number of carbonyl (C=O) groups excluding carboxylic acids is 2. The van der Waals surface area contributed by atoms with Gasteiger partial charge in [-0.1, -0.05) is 30.9 Å². The second-order valence-electron chi connectivity index (χ2n) is 5.99. The van der Waals surface area contributed by atoms with Gasteiger partial charge in [0.05, 0.1) is 17.5 Å². The standard InChI is InChI=1S/C17H22N2O6S/c1-4-10-24-17(21)19-12-13(11-15(19)16(20)18(2)3)25-26(22,23)14-8-6-5-7-9-14/h4-9,13,15H,1,10-12H2,2-3H3. The lowest BCUT2D eigenvalue weighted by molar-refractivity contribution is -0.133. The number of likely N-dealkylation sites (tertiary alicyclic amines) is 1. The number of benzene rings is 1. The van der Waals surface area contributed by atoms with Gasteiger partial charge in [0.2, 0.25) is 5.91 Å². The van der Waals surface area contributed by atoms with Crippen LogP contribution in [0, 0.1) is 0 Å². The predicted octanol–water partition coefficient (Wildman–Crippen LogP) is 1.25. The Morgan fingerprint density at radius 1 is 1.31 bits per heavy atom. The van der Waals surface area contributed by atoms with E-state index in [9.17, 15) is 18.0 Å². The first kappa shape index (κ1) is 19.9. The number of nitrogens with zero attached hydrogens (tertiary/aromatic N) is 2. The van der Waals surface area contributed by atoms with Crippen LogP contribution in [0.3, 0.4) is 0 Å². The minimum absolute atomic E-state index is 0.00789. The average Bonchev–Trinajstić information content (AvgIpc) is 3.02. The van der Waals surface area contributed by atoms with E-state index < -0.39 is 28.4 Å². The molecule has 0 aromatic heterocycles. The molecule has 1 aliphatic rings. The van der Waals surface area contributed by atoms with Crippen molar-refractivity contribution in [2.24, 2.45) is 0 Å². The van der Waals surface area contributed by atoms with Gasteiger partial charge in [-0.25, -0.2) is 4.79 Å². The summed E-state index contributed by atoms with van der Waals surface area (Å²) in [5, 5.41) is 0. The van der Waals surface area contributed by atoms with Gasteiger partial charge >= 0.3 is 6.09 Å². The fourth-order valence-corrected chi connectivity index (χ4v) is 3.74. The second-order valence-corrected chi connectivity index (χ2v) is 7.56. The van der Waals surface area contributed by atoms with Crippen LogP contribution < -0.4 is 0 Å². The molecule has 2 unspecified atom stereocenters. The van der Waals surface area contributed by atoms with Gasteiger partial charge in [0.25, 0.3) is 10.1 Å². The highest BCUT2D eigenvalue weighted by atomic mass is 32.2. The molecule has 1 heterocycles. The van der Waals surface area contributed by atoms with Crippen molar-refractivity contribution >= 4 is 22.1 Å². The maximum Gasteiger partial charge on any atom is 0.410 e. The highest BCUT2D eigenvalue weighted by Gasteiger charge is 2.43. The van der Waals surface area contributed by atoms with E-state index in [1.807, 2.05) is 0 Å². The first-order valence-corrected chi connectivity index (χ1v) is 9.41. The molecule has 0 bridgehead atoms. The zero-order chi connectivity index (χ0) is 19.3. The average molecular weight is 382 g/mol. The lowest BCUT2D eigenvalue weighted by Gasteiger charge is -2.24. The van der Waals surface area contributed by atoms with Crippen LogP contribution in [0.2, 0.25) is 0 Å². The van der Waals surface area contributed by atoms with Crippen molar-refractivity contribution in [2.75, 3.05) is 27.2 Å². The van der Waals surface area contributed by atoms with E-state index in [1.165, 1.54) is 28.0 Å². The van der Waals surface area contributed by atoms with Crippen LogP contribution in [-0.2, 0) is 23.8 Å². The molecule has 1 fully saturated rings. The third-order valence-electron chi connectivity index (χ3n) is 3.84. The van der Waals surface area contributed by atoms with Gasteiger partial charge < -0.3 is 9.64 Å². The van der Waals surface area contributed by atoms with Crippen LogP contribution in [0.4, 0.5) is 4.79 Å². The summed E-state index contributed by atoms with van der Waals surface area (Å²) in [5.41, 5.74) is 0. The summed E-state index contributed by atoms with van der Waals surface area (Å²) in [4.78, 5) is 27.1. The van der Waals surface area contributed by atoms with Crippen molar-refractivity contribution in [2.45, 2.75) is 23.5 Å². The summed E-state index contributed by atoms with van der Waals surface area (Å²) >= 11 is 0. The third-order valence-corrected chi connectivity index (χ3v) is 5.22. The molecular weight excluding hydrogens is 360 g/mol. The van der Waals surface area contributed by atoms with Crippen LogP contribution in [0.25, 0.3) is 0 Å². The molecule has 2 atom stereocenters. The topological polar surface area (TPSA) is 93.2 Å². The zero-order valence-electron chi connectivity index (χ0n) is 14.7. The Bertz CT molecular complexity index is 763. The molecule has 26 heavy (non-hydrogen) atoms. The Labute approximate surface area is 153 Å². The molecule has 0 spiro atoms. The van der Waals surface area contributed by atoms with Crippen molar-refractivity contribution < 1.29 is 26.9 Å². The van der Waals surface area contributed by atoms with Crippen molar-refractivity contribution in [1.29, 1.82) is 0 Å². The number of rotatable bonds is 6. The maximum absolute atomic E-state index is 12.4. The van der Waals surface area contributed by atoms with Gasteiger partial charge in [0.1, 0.15) is 12.6 Å². The molecule has 0 radical (unpaired) electrons. The molecule has 0 saturated carbocycles. The lowest BCUT2D eigenvalue weighted by atomic mass is 10.2. The molecule has 9 heteroatoms. The van der Waals surface area contributed by atoms with Gasteiger partial charge in [0.15, 0.2) is 0 Å². The molecule has 1 saturated heterocycles. The number of amides is 2. The van der Waals surface area contributed by atoms with E-state index in [2.05, 4.69) is 6.58 Å². The third kappa shape index (κ3) is 4.61. The molecule has 1 aromatic rings. The van der Waals surface area contributed by atoms with Crippen LogP contribution >= 0.6 is 0 Å². The monoisotopic (exact) mass is 382 g/mol. The number of ether oxygens (including phenoxy) is 1. The predicted molar refractivity (Wildman–Crippen MR) is 93.9 cm³/mol. The number of hydrogen-bond acceptors (Lipinski definition) is 6. The minimum atomic E-state index is -4.00. The quantitative estimate of drug-likeness (QED) is 0.543. The van der Waals surface area contributed by atoms with Gasteiger partial charge in [0, 0.05) is 20.5 Å². The molecule has 142 valence electrons. The molecule has 0 aliphatic carbocycles. The molecule has 2 rings (SSSR count). The van der Waals surface area contributed by atoms with Crippen molar-refractivity contribution in [3.63, 3.8) is 0 Å². The summed E-state index contributed by atoms with van der Waals surface area (Å²) in [6, 6.07) is 6.85. The summed E-state index contributed by atoms with van der Waals surface area (Å²) in [6.07, 6.45) is -0.0877. The largest absolute Gasteiger partial charge is 0.445 e. The molecule has 0 N–H and O–H groups in total. The fraction of sp³-hybridized carbons (Fsp3) is 0.412. The Kier molecular flexibility index (Phi) is 6.38. The molecule has 1 aliphatic heterocycles. The molecule has 8 nitrogen and oxygen atoms in total. The van der Waals surface area contributed by atoms with Crippen molar-refractivity contribution in [3.8, 4) is 0 Å². The number of carbonyl (C=O) groups is 2.